The number of nitrogens with zero attached hydrogens (tertiary/aromatic N) is 1. The SMILES string of the molecule is O=C(/C=C/c1sc2ccccc2c1Cl)NCCN1C(=O)CSC1=O. The Kier molecular flexibility index (Phi) is 5.23. The van der Waals surface area contributed by atoms with Gasteiger partial charge in [0.2, 0.25) is 11.8 Å². The molecule has 1 fully saturated rings. The maximum Gasteiger partial charge on any atom is 0.288 e. The summed E-state index contributed by atoms with van der Waals surface area (Å²) >= 11 is 8.80. The minimum atomic E-state index is -0.296. The van der Waals surface area contributed by atoms with Gasteiger partial charge in [-0.2, -0.15) is 0 Å². The fraction of sp³-hybridized carbons (Fsp3) is 0.188. The number of hydrogen-bond acceptors (Lipinski definition) is 5. The minimum Gasteiger partial charge on any atom is -0.351 e. The van der Waals surface area contributed by atoms with Crippen molar-refractivity contribution in [1.82, 2.24) is 10.2 Å². The van der Waals surface area contributed by atoms with Crippen LogP contribution in [-0.4, -0.2) is 40.8 Å². The molecule has 1 N–H and O–H groups in total. The van der Waals surface area contributed by atoms with Gasteiger partial charge in [0.05, 0.1) is 10.8 Å². The van der Waals surface area contributed by atoms with Crippen LogP contribution in [0.4, 0.5) is 4.79 Å². The van der Waals surface area contributed by atoms with Crippen molar-refractivity contribution in [2.24, 2.45) is 0 Å². The lowest BCUT2D eigenvalue weighted by Crippen LogP contribution is -2.36. The summed E-state index contributed by atoms with van der Waals surface area (Å²) in [5.41, 5.74) is 0. The van der Waals surface area contributed by atoms with Gasteiger partial charge in [-0.1, -0.05) is 41.6 Å². The molecule has 24 heavy (non-hydrogen) atoms. The molecular formula is C16H13ClN2O3S2. The highest BCUT2D eigenvalue weighted by Crippen LogP contribution is 2.35. The minimum absolute atomic E-state index is 0.178. The Balaban J connectivity index is 1.56. The number of nitrogens with one attached hydrogen (secondary N) is 1. The van der Waals surface area contributed by atoms with Crippen molar-refractivity contribution in [3.05, 3.63) is 40.2 Å². The molecule has 0 spiro atoms. The van der Waals surface area contributed by atoms with Crippen molar-refractivity contribution in [1.29, 1.82) is 0 Å². The maximum atomic E-state index is 11.8. The molecule has 1 saturated heterocycles. The number of thiophene rings is 1. The van der Waals surface area contributed by atoms with Crippen molar-refractivity contribution in [2.45, 2.75) is 0 Å². The third-order valence-electron chi connectivity index (χ3n) is 3.42. The first kappa shape index (κ1) is 17.0. The third kappa shape index (κ3) is 3.63. The van der Waals surface area contributed by atoms with Gasteiger partial charge in [0.1, 0.15) is 0 Å². The molecule has 0 aliphatic carbocycles. The van der Waals surface area contributed by atoms with Crippen molar-refractivity contribution in [3.63, 3.8) is 0 Å². The largest absolute Gasteiger partial charge is 0.351 e. The number of carbonyl (C=O) groups is 3. The fourth-order valence-corrected chi connectivity index (χ4v) is 4.39. The van der Waals surface area contributed by atoms with Crippen molar-refractivity contribution < 1.29 is 14.4 Å². The van der Waals surface area contributed by atoms with Crippen LogP contribution in [-0.2, 0) is 9.59 Å². The first-order valence-electron chi connectivity index (χ1n) is 7.16. The molecule has 0 saturated carbocycles. The van der Waals surface area contributed by atoms with Crippen LogP contribution in [0.2, 0.25) is 5.02 Å². The lowest BCUT2D eigenvalue weighted by molar-refractivity contribution is -0.125. The van der Waals surface area contributed by atoms with Crippen LogP contribution in [0.1, 0.15) is 4.88 Å². The number of amides is 3. The molecule has 2 aromatic rings. The van der Waals surface area contributed by atoms with Crippen molar-refractivity contribution in [3.8, 4) is 0 Å². The van der Waals surface area contributed by atoms with Crippen LogP contribution >= 0.6 is 34.7 Å². The van der Waals surface area contributed by atoms with Crippen LogP contribution in [0.5, 0.6) is 0 Å². The Morgan fingerprint density at radius 1 is 1.33 bits per heavy atom. The molecule has 1 aromatic carbocycles. The average Bonchev–Trinajstić information content (AvgIpc) is 3.07. The summed E-state index contributed by atoms with van der Waals surface area (Å²) in [5.74, 6) is -0.334. The van der Waals surface area contributed by atoms with Gasteiger partial charge in [0.15, 0.2) is 0 Å². The summed E-state index contributed by atoms with van der Waals surface area (Å²) < 4.78 is 1.06. The molecule has 0 bridgehead atoms. The third-order valence-corrected chi connectivity index (χ3v) is 5.93. The van der Waals surface area contributed by atoms with Gasteiger partial charge in [-0.3, -0.25) is 19.3 Å². The maximum absolute atomic E-state index is 11.8. The highest BCUT2D eigenvalue weighted by atomic mass is 35.5. The number of halogens is 1. The molecule has 2 heterocycles. The van der Waals surface area contributed by atoms with Crippen LogP contribution < -0.4 is 5.32 Å². The van der Waals surface area contributed by atoms with E-state index in [1.807, 2.05) is 24.3 Å². The molecule has 0 atom stereocenters. The normalized spacial score (nSPS) is 15.0. The van der Waals surface area contributed by atoms with E-state index in [-0.39, 0.29) is 35.9 Å². The summed E-state index contributed by atoms with van der Waals surface area (Å²) in [6, 6.07) is 7.77. The molecule has 0 radical (unpaired) electrons. The smallest absolute Gasteiger partial charge is 0.288 e. The van der Waals surface area contributed by atoms with Gasteiger partial charge in [0.25, 0.3) is 5.24 Å². The Bertz CT molecular complexity index is 831. The van der Waals surface area contributed by atoms with E-state index < -0.39 is 0 Å². The van der Waals surface area contributed by atoms with Crippen LogP contribution in [0.25, 0.3) is 16.2 Å². The van der Waals surface area contributed by atoms with Gasteiger partial charge < -0.3 is 5.32 Å². The quantitative estimate of drug-likeness (QED) is 0.807. The highest BCUT2D eigenvalue weighted by molar-refractivity contribution is 8.14. The van der Waals surface area contributed by atoms with E-state index in [0.29, 0.717) is 5.02 Å². The van der Waals surface area contributed by atoms with E-state index in [1.54, 1.807) is 6.08 Å². The second-order valence-corrected chi connectivity index (χ2v) is 7.39. The van der Waals surface area contributed by atoms with Gasteiger partial charge >= 0.3 is 0 Å². The predicted octanol–water partition coefficient (Wildman–Crippen LogP) is 3.38. The van der Waals surface area contributed by atoms with Gasteiger partial charge in [0, 0.05) is 34.1 Å². The lowest BCUT2D eigenvalue weighted by atomic mass is 10.2. The zero-order chi connectivity index (χ0) is 17.1. The van der Waals surface area contributed by atoms with E-state index in [0.717, 1.165) is 31.6 Å². The van der Waals surface area contributed by atoms with Crippen LogP contribution in [0.15, 0.2) is 30.3 Å². The second kappa shape index (κ2) is 7.38. The molecule has 3 rings (SSSR count). The fourth-order valence-electron chi connectivity index (χ4n) is 2.24. The molecule has 1 aromatic heterocycles. The first-order chi connectivity index (χ1) is 11.6. The highest BCUT2D eigenvalue weighted by Gasteiger charge is 2.29. The Morgan fingerprint density at radius 3 is 2.83 bits per heavy atom. The number of thioether (sulfide) groups is 1. The second-order valence-electron chi connectivity index (χ2n) is 5.00. The number of benzene rings is 1. The van der Waals surface area contributed by atoms with Crippen LogP contribution in [0.3, 0.4) is 0 Å². The summed E-state index contributed by atoms with van der Waals surface area (Å²) in [6.07, 6.45) is 3.07. The lowest BCUT2D eigenvalue weighted by Gasteiger charge is -2.12. The van der Waals surface area contributed by atoms with Crippen LogP contribution in [0, 0.1) is 0 Å². The first-order valence-corrected chi connectivity index (χ1v) is 9.34. The molecule has 1 aliphatic rings. The zero-order valence-corrected chi connectivity index (χ0v) is 14.8. The Morgan fingerprint density at radius 2 is 2.12 bits per heavy atom. The van der Waals surface area contributed by atoms with Crippen molar-refractivity contribution in [2.75, 3.05) is 18.8 Å². The predicted molar refractivity (Wildman–Crippen MR) is 98.4 cm³/mol. The van der Waals surface area contributed by atoms with E-state index in [4.69, 9.17) is 11.6 Å². The Hall–Kier alpha value is -1.83. The van der Waals surface area contributed by atoms with E-state index >= 15 is 0 Å². The molecule has 1 aliphatic heterocycles. The monoisotopic (exact) mass is 380 g/mol. The summed E-state index contributed by atoms with van der Waals surface area (Å²) in [7, 11) is 0. The van der Waals surface area contributed by atoms with Gasteiger partial charge in [-0.05, 0) is 12.1 Å². The Labute approximate surface area is 151 Å². The number of rotatable bonds is 5. The summed E-state index contributed by atoms with van der Waals surface area (Å²) in [6.45, 7) is 0.412. The van der Waals surface area contributed by atoms with E-state index in [9.17, 15) is 14.4 Å². The number of carbonyl (C=O) groups excluding carboxylic acids is 3. The van der Waals surface area contributed by atoms with E-state index in [2.05, 4.69) is 5.32 Å². The number of hydrogen-bond donors (Lipinski definition) is 1. The van der Waals surface area contributed by atoms with Gasteiger partial charge in [-0.15, -0.1) is 11.3 Å². The summed E-state index contributed by atoms with van der Waals surface area (Å²) in [4.78, 5) is 36.7. The van der Waals surface area contributed by atoms with Gasteiger partial charge in [-0.25, -0.2) is 0 Å². The molecule has 3 amide bonds. The zero-order valence-electron chi connectivity index (χ0n) is 12.5. The molecule has 124 valence electrons. The van der Waals surface area contributed by atoms with Crippen molar-refractivity contribution >= 4 is 67.9 Å². The molecular weight excluding hydrogens is 368 g/mol. The standard InChI is InChI=1S/C16H13ClN2O3S2/c17-15-10-3-1-2-4-11(10)24-12(15)5-6-13(20)18-7-8-19-14(21)9-23-16(19)22/h1-6H,7-9H2,(H,18,20)/b6-5+. The number of imide groups is 1. The average molecular weight is 381 g/mol. The van der Waals surface area contributed by atoms with E-state index in [1.165, 1.54) is 17.4 Å². The summed E-state index contributed by atoms with van der Waals surface area (Å²) in [5, 5.41) is 3.99. The molecule has 0 unspecified atom stereocenters. The molecule has 8 heteroatoms. The topological polar surface area (TPSA) is 66.5 Å². The molecule has 5 nitrogen and oxygen atoms in total. The number of fused-ring (bicyclic) bond motifs is 1.